The van der Waals surface area contributed by atoms with Gasteiger partial charge in [0.25, 0.3) is 0 Å². The molecule has 1 saturated heterocycles. The van der Waals surface area contributed by atoms with Crippen molar-refractivity contribution in [1.82, 2.24) is 15.1 Å². The van der Waals surface area contributed by atoms with Crippen molar-refractivity contribution < 1.29 is 0 Å². The van der Waals surface area contributed by atoms with E-state index in [0.717, 1.165) is 6.04 Å². The van der Waals surface area contributed by atoms with E-state index in [-0.39, 0.29) is 0 Å². The molecule has 1 aliphatic rings. The number of rotatable bonds is 8. The highest BCUT2D eigenvalue weighted by Gasteiger charge is 2.13. The van der Waals surface area contributed by atoms with E-state index in [0.29, 0.717) is 0 Å². The number of nitrogens with zero attached hydrogens (tertiary/aromatic N) is 2. The maximum atomic E-state index is 3.64. The van der Waals surface area contributed by atoms with Crippen LogP contribution in [0.5, 0.6) is 0 Å². The number of piperidine rings is 1. The summed E-state index contributed by atoms with van der Waals surface area (Å²) in [5.74, 6) is 0. The number of hydrogen-bond acceptors (Lipinski definition) is 3. The van der Waals surface area contributed by atoms with Gasteiger partial charge >= 0.3 is 0 Å². The Hall–Kier alpha value is -0.120. The Labute approximate surface area is 108 Å². The molecule has 0 spiro atoms. The third-order valence-corrected chi connectivity index (χ3v) is 3.61. The molecule has 1 heterocycles. The first-order valence-electron chi connectivity index (χ1n) is 7.33. The average Bonchev–Trinajstić information content (AvgIpc) is 2.34. The zero-order valence-electron chi connectivity index (χ0n) is 12.0. The maximum Gasteiger partial charge on any atom is 0.0109 e. The SMILES string of the molecule is CCCN(CCC1CCCCN1)CCN(C)C. The predicted octanol–water partition coefficient (Wildman–Crippen LogP) is 1.79. The van der Waals surface area contributed by atoms with Gasteiger partial charge in [-0.1, -0.05) is 13.3 Å². The van der Waals surface area contributed by atoms with Gasteiger partial charge in [0.1, 0.15) is 0 Å². The summed E-state index contributed by atoms with van der Waals surface area (Å²) in [5.41, 5.74) is 0. The molecule has 0 aromatic rings. The molecule has 1 N–H and O–H groups in total. The summed E-state index contributed by atoms with van der Waals surface area (Å²) in [7, 11) is 4.32. The molecule has 0 radical (unpaired) electrons. The van der Waals surface area contributed by atoms with Crippen LogP contribution in [0, 0.1) is 0 Å². The second-order valence-corrected chi connectivity index (χ2v) is 5.58. The molecule has 0 bridgehead atoms. The maximum absolute atomic E-state index is 3.64. The van der Waals surface area contributed by atoms with E-state index >= 15 is 0 Å². The van der Waals surface area contributed by atoms with Crippen LogP contribution >= 0.6 is 0 Å². The van der Waals surface area contributed by atoms with Crippen LogP contribution in [0.2, 0.25) is 0 Å². The molecule has 3 heteroatoms. The summed E-state index contributed by atoms with van der Waals surface area (Å²) in [6.45, 7) is 8.42. The Bertz CT molecular complexity index is 176. The topological polar surface area (TPSA) is 18.5 Å². The van der Waals surface area contributed by atoms with Crippen LogP contribution in [-0.2, 0) is 0 Å². The molecule has 0 amide bonds. The van der Waals surface area contributed by atoms with E-state index in [9.17, 15) is 0 Å². The van der Waals surface area contributed by atoms with Crippen LogP contribution in [0.1, 0.15) is 39.0 Å². The van der Waals surface area contributed by atoms with Crippen LogP contribution in [0.3, 0.4) is 0 Å². The smallest absolute Gasteiger partial charge is 0.0109 e. The molecule has 102 valence electrons. The second kappa shape index (κ2) is 8.90. The Morgan fingerprint density at radius 3 is 2.47 bits per heavy atom. The van der Waals surface area contributed by atoms with Crippen molar-refractivity contribution in [1.29, 1.82) is 0 Å². The predicted molar refractivity (Wildman–Crippen MR) is 75.5 cm³/mol. The van der Waals surface area contributed by atoms with E-state index in [1.807, 2.05) is 0 Å². The van der Waals surface area contributed by atoms with Gasteiger partial charge < -0.3 is 15.1 Å². The molecule has 3 nitrogen and oxygen atoms in total. The Morgan fingerprint density at radius 2 is 1.88 bits per heavy atom. The second-order valence-electron chi connectivity index (χ2n) is 5.58. The highest BCUT2D eigenvalue weighted by Crippen LogP contribution is 2.10. The van der Waals surface area contributed by atoms with Crippen LogP contribution in [0.25, 0.3) is 0 Å². The number of hydrogen-bond donors (Lipinski definition) is 1. The van der Waals surface area contributed by atoms with Gasteiger partial charge in [0.05, 0.1) is 0 Å². The zero-order valence-corrected chi connectivity index (χ0v) is 12.0. The number of nitrogens with one attached hydrogen (secondary N) is 1. The Morgan fingerprint density at radius 1 is 1.06 bits per heavy atom. The summed E-state index contributed by atoms with van der Waals surface area (Å²) in [6.07, 6.45) is 6.77. The summed E-state index contributed by atoms with van der Waals surface area (Å²) >= 11 is 0. The summed E-state index contributed by atoms with van der Waals surface area (Å²) < 4.78 is 0. The normalized spacial score (nSPS) is 21.4. The average molecular weight is 241 g/mol. The summed E-state index contributed by atoms with van der Waals surface area (Å²) in [6, 6.07) is 0.780. The lowest BCUT2D eigenvalue weighted by Crippen LogP contribution is -2.39. The van der Waals surface area contributed by atoms with Gasteiger partial charge in [0.15, 0.2) is 0 Å². The molecule has 0 aliphatic carbocycles. The standard InChI is InChI=1S/C14H31N3/c1-4-10-17(13-12-16(2)3)11-8-14-7-5-6-9-15-14/h14-15H,4-13H2,1-3H3. The molecule has 1 unspecified atom stereocenters. The fourth-order valence-electron chi connectivity index (χ4n) is 2.50. The van der Waals surface area contributed by atoms with E-state index in [1.54, 1.807) is 0 Å². The lowest BCUT2D eigenvalue weighted by atomic mass is 10.0. The minimum absolute atomic E-state index is 0.780. The van der Waals surface area contributed by atoms with Crippen molar-refractivity contribution in [2.45, 2.75) is 45.1 Å². The van der Waals surface area contributed by atoms with Crippen LogP contribution < -0.4 is 5.32 Å². The van der Waals surface area contributed by atoms with Gasteiger partial charge in [-0.25, -0.2) is 0 Å². The minimum Gasteiger partial charge on any atom is -0.314 e. The molecule has 0 saturated carbocycles. The van der Waals surface area contributed by atoms with E-state index in [4.69, 9.17) is 0 Å². The van der Waals surface area contributed by atoms with Gasteiger partial charge in [0, 0.05) is 19.1 Å². The molecule has 1 fully saturated rings. The molecule has 17 heavy (non-hydrogen) atoms. The first-order chi connectivity index (χ1) is 8.22. The molecule has 0 aromatic heterocycles. The highest BCUT2D eigenvalue weighted by molar-refractivity contribution is 4.74. The van der Waals surface area contributed by atoms with Gasteiger partial charge in [0.2, 0.25) is 0 Å². The van der Waals surface area contributed by atoms with Gasteiger partial charge in [-0.05, 0) is 59.4 Å². The largest absolute Gasteiger partial charge is 0.314 e. The summed E-state index contributed by atoms with van der Waals surface area (Å²) in [4.78, 5) is 4.90. The van der Waals surface area contributed by atoms with Crippen LogP contribution in [0.15, 0.2) is 0 Å². The Kier molecular flexibility index (Phi) is 7.82. The number of likely N-dealkylation sites (N-methyl/N-ethyl adjacent to an activating group) is 1. The van der Waals surface area contributed by atoms with Gasteiger partial charge in [-0.15, -0.1) is 0 Å². The lowest BCUT2D eigenvalue weighted by Gasteiger charge is -2.28. The first kappa shape index (κ1) is 14.9. The molecular weight excluding hydrogens is 210 g/mol. The first-order valence-corrected chi connectivity index (χ1v) is 7.33. The fraction of sp³-hybridized carbons (Fsp3) is 1.00. The third-order valence-electron chi connectivity index (χ3n) is 3.61. The zero-order chi connectivity index (χ0) is 12.5. The van der Waals surface area contributed by atoms with E-state index in [1.165, 1.54) is 64.8 Å². The lowest BCUT2D eigenvalue weighted by molar-refractivity contribution is 0.223. The van der Waals surface area contributed by atoms with Crippen molar-refractivity contribution >= 4 is 0 Å². The monoisotopic (exact) mass is 241 g/mol. The molecule has 1 aliphatic heterocycles. The molecule has 1 atom stereocenters. The van der Waals surface area contributed by atoms with Crippen molar-refractivity contribution in [2.24, 2.45) is 0 Å². The van der Waals surface area contributed by atoms with Crippen molar-refractivity contribution in [2.75, 3.05) is 46.8 Å². The van der Waals surface area contributed by atoms with Crippen molar-refractivity contribution in [3.63, 3.8) is 0 Å². The fourth-order valence-corrected chi connectivity index (χ4v) is 2.50. The highest BCUT2D eigenvalue weighted by atomic mass is 15.2. The molecular formula is C14H31N3. The van der Waals surface area contributed by atoms with Gasteiger partial charge in [-0.3, -0.25) is 0 Å². The van der Waals surface area contributed by atoms with E-state index < -0.39 is 0 Å². The van der Waals surface area contributed by atoms with Crippen LogP contribution in [-0.4, -0.2) is 62.7 Å². The molecule has 1 rings (SSSR count). The molecule has 0 aromatic carbocycles. The quantitative estimate of drug-likeness (QED) is 0.699. The minimum atomic E-state index is 0.780. The van der Waals surface area contributed by atoms with Gasteiger partial charge in [-0.2, -0.15) is 0 Å². The third kappa shape index (κ3) is 7.02. The van der Waals surface area contributed by atoms with Crippen LogP contribution in [0.4, 0.5) is 0 Å². The van der Waals surface area contributed by atoms with E-state index in [2.05, 4.69) is 36.1 Å². The summed E-state index contributed by atoms with van der Waals surface area (Å²) in [5, 5.41) is 3.64. The Balaban J connectivity index is 2.17. The van der Waals surface area contributed by atoms with Crippen molar-refractivity contribution in [3.8, 4) is 0 Å². The van der Waals surface area contributed by atoms with Crippen molar-refractivity contribution in [3.05, 3.63) is 0 Å².